The van der Waals surface area contributed by atoms with Gasteiger partial charge in [-0.15, -0.1) is 0 Å². The van der Waals surface area contributed by atoms with E-state index in [0.717, 1.165) is 36.3 Å². The number of hydrogen-bond donors (Lipinski definition) is 2. The Morgan fingerprint density at radius 2 is 1.97 bits per heavy atom. The zero-order valence-corrected chi connectivity index (χ0v) is 17.6. The molecule has 2 aromatic rings. The van der Waals surface area contributed by atoms with Gasteiger partial charge in [0.2, 0.25) is 5.91 Å². The highest BCUT2D eigenvalue weighted by molar-refractivity contribution is 6.30. The van der Waals surface area contributed by atoms with Gasteiger partial charge in [-0.2, -0.15) is 0 Å². The van der Waals surface area contributed by atoms with E-state index in [2.05, 4.69) is 17.1 Å². The van der Waals surface area contributed by atoms with Crippen LogP contribution in [0.15, 0.2) is 42.5 Å². The zero-order valence-electron chi connectivity index (χ0n) is 16.8. The van der Waals surface area contributed by atoms with E-state index in [1.807, 2.05) is 25.1 Å². The third-order valence-electron chi connectivity index (χ3n) is 5.40. The summed E-state index contributed by atoms with van der Waals surface area (Å²) in [4.78, 5) is 25.9. The van der Waals surface area contributed by atoms with Crippen molar-refractivity contribution in [2.45, 2.75) is 39.2 Å². The van der Waals surface area contributed by atoms with Crippen molar-refractivity contribution in [3.63, 3.8) is 0 Å². The Hall–Kier alpha value is -2.53. The van der Waals surface area contributed by atoms with Crippen molar-refractivity contribution < 1.29 is 14.7 Å². The number of hydrogen-bond acceptors (Lipinski definition) is 3. The van der Waals surface area contributed by atoms with E-state index >= 15 is 0 Å². The van der Waals surface area contributed by atoms with E-state index in [-0.39, 0.29) is 23.9 Å². The van der Waals surface area contributed by atoms with E-state index in [1.165, 1.54) is 18.6 Å². The van der Waals surface area contributed by atoms with Crippen LogP contribution in [0.2, 0.25) is 5.02 Å². The molecule has 5 nitrogen and oxygen atoms in total. The van der Waals surface area contributed by atoms with Crippen molar-refractivity contribution in [1.29, 1.82) is 0 Å². The van der Waals surface area contributed by atoms with Crippen molar-refractivity contribution in [2.24, 2.45) is 5.92 Å². The maximum atomic E-state index is 12.6. The van der Waals surface area contributed by atoms with Gasteiger partial charge >= 0.3 is 5.97 Å². The Labute approximate surface area is 176 Å². The summed E-state index contributed by atoms with van der Waals surface area (Å²) in [5.74, 6) is -0.445. The molecule has 6 heteroatoms. The van der Waals surface area contributed by atoms with E-state index in [4.69, 9.17) is 16.7 Å². The first-order valence-electron chi connectivity index (χ1n) is 9.99. The average molecular weight is 415 g/mol. The number of carbonyl (C=O) groups is 2. The molecule has 1 aliphatic rings. The summed E-state index contributed by atoms with van der Waals surface area (Å²) in [7, 11) is 0. The van der Waals surface area contributed by atoms with E-state index in [9.17, 15) is 9.59 Å². The number of nitrogens with zero attached hydrogens (tertiary/aromatic N) is 1. The fourth-order valence-corrected chi connectivity index (χ4v) is 4.07. The van der Waals surface area contributed by atoms with Gasteiger partial charge in [-0.25, -0.2) is 4.79 Å². The van der Waals surface area contributed by atoms with E-state index in [0.29, 0.717) is 10.9 Å². The Kier molecular flexibility index (Phi) is 6.80. The number of carboxylic acid groups (broad SMARTS) is 1. The molecule has 0 aromatic heterocycles. The number of nitrogens with one attached hydrogen (secondary N) is 1. The van der Waals surface area contributed by atoms with Crippen molar-refractivity contribution >= 4 is 29.2 Å². The lowest BCUT2D eigenvalue weighted by molar-refractivity contribution is -0.121. The van der Waals surface area contributed by atoms with Crippen LogP contribution in [-0.4, -0.2) is 30.1 Å². The van der Waals surface area contributed by atoms with Crippen LogP contribution >= 0.6 is 11.6 Å². The number of carboxylic acids is 1. The fourth-order valence-electron chi connectivity index (χ4n) is 3.89. The second kappa shape index (κ2) is 9.31. The van der Waals surface area contributed by atoms with Gasteiger partial charge in [0.25, 0.3) is 0 Å². The number of anilines is 1. The third kappa shape index (κ3) is 5.51. The number of halogens is 1. The molecule has 0 aliphatic carbocycles. The van der Waals surface area contributed by atoms with Crippen LogP contribution in [0.4, 0.5) is 5.69 Å². The lowest BCUT2D eigenvalue weighted by Gasteiger charge is -2.35. The molecule has 0 spiro atoms. The van der Waals surface area contributed by atoms with Gasteiger partial charge < -0.3 is 15.3 Å². The molecule has 1 heterocycles. The molecule has 2 atom stereocenters. The summed E-state index contributed by atoms with van der Waals surface area (Å²) in [6.45, 7) is 6.25. The monoisotopic (exact) mass is 414 g/mol. The minimum Gasteiger partial charge on any atom is -0.478 e. The van der Waals surface area contributed by atoms with Crippen LogP contribution in [-0.2, 0) is 11.2 Å². The number of carbonyl (C=O) groups excluding carboxylic acids is 1. The van der Waals surface area contributed by atoms with Gasteiger partial charge in [0.05, 0.1) is 18.0 Å². The lowest BCUT2D eigenvalue weighted by Crippen LogP contribution is -2.36. The van der Waals surface area contributed by atoms with Crippen molar-refractivity contribution in [3.05, 3.63) is 64.2 Å². The molecule has 2 unspecified atom stereocenters. The molecular formula is C23H27ClN2O3. The largest absolute Gasteiger partial charge is 0.478 e. The highest BCUT2D eigenvalue weighted by atomic mass is 35.5. The Morgan fingerprint density at radius 3 is 2.62 bits per heavy atom. The Morgan fingerprint density at radius 1 is 1.24 bits per heavy atom. The molecule has 2 N–H and O–H groups in total. The van der Waals surface area contributed by atoms with Gasteiger partial charge in [-0.05, 0) is 67.1 Å². The molecule has 154 valence electrons. The average Bonchev–Trinajstić information content (AvgIpc) is 2.68. The minimum absolute atomic E-state index is 0.112. The first-order valence-corrected chi connectivity index (χ1v) is 10.4. The molecule has 0 radical (unpaired) electrons. The SMILES string of the molecule is CC1CCCN(c2ccc(Cl)cc2C(C)NC(=O)Cc2ccc(C(=O)O)cc2)C1. The highest BCUT2D eigenvalue weighted by Crippen LogP contribution is 2.32. The zero-order chi connectivity index (χ0) is 21.0. The molecule has 3 rings (SSSR count). The smallest absolute Gasteiger partial charge is 0.335 e. The van der Waals surface area contributed by atoms with Crippen LogP contribution < -0.4 is 10.2 Å². The number of amides is 1. The predicted molar refractivity (Wildman–Crippen MR) is 116 cm³/mol. The summed E-state index contributed by atoms with van der Waals surface area (Å²) >= 11 is 6.26. The van der Waals surface area contributed by atoms with E-state index < -0.39 is 5.97 Å². The number of benzene rings is 2. The molecule has 0 saturated carbocycles. The molecule has 1 aliphatic heterocycles. The predicted octanol–water partition coefficient (Wildman–Crippen LogP) is 4.69. The van der Waals surface area contributed by atoms with Crippen LogP contribution in [0.1, 0.15) is 54.2 Å². The first-order chi connectivity index (χ1) is 13.8. The Bertz CT molecular complexity index is 882. The molecule has 1 saturated heterocycles. The maximum absolute atomic E-state index is 12.6. The topological polar surface area (TPSA) is 69.6 Å². The molecule has 2 aromatic carbocycles. The molecular weight excluding hydrogens is 388 g/mol. The highest BCUT2D eigenvalue weighted by Gasteiger charge is 2.22. The fraction of sp³-hybridized carbons (Fsp3) is 0.391. The summed E-state index contributed by atoms with van der Waals surface area (Å²) in [5.41, 5.74) is 3.12. The van der Waals surface area contributed by atoms with Crippen molar-refractivity contribution in [2.75, 3.05) is 18.0 Å². The Balaban J connectivity index is 1.71. The van der Waals surface area contributed by atoms with Gasteiger partial charge in [-0.1, -0.05) is 30.7 Å². The van der Waals surface area contributed by atoms with Gasteiger partial charge in [0, 0.05) is 23.8 Å². The molecule has 29 heavy (non-hydrogen) atoms. The quantitative estimate of drug-likeness (QED) is 0.719. The number of piperidine rings is 1. The normalized spacial score (nSPS) is 17.6. The van der Waals surface area contributed by atoms with E-state index in [1.54, 1.807) is 12.1 Å². The minimum atomic E-state index is -0.977. The molecule has 0 bridgehead atoms. The second-order valence-electron chi connectivity index (χ2n) is 7.86. The van der Waals surface area contributed by atoms with Crippen molar-refractivity contribution in [3.8, 4) is 0 Å². The van der Waals surface area contributed by atoms with Crippen LogP contribution in [0.3, 0.4) is 0 Å². The summed E-state index contributed by atoms with van der Waals surface area (Å²) in [6.07, 6.45) is 2.60. The number of rotatable bonds is 6. The van der Waals surface area contributed by atoms with Gasteiger partial charge in [0.15, 0.2) is 0 Å². The van der Waals surface area contributed by atoms with Crippen LogP contribution in [0.5, 0.6) is 0 Å². The van der Waals surface area contributed by atoms with Crippen LogP contribution in [0, 0.1) is 5.92 Å². The first kappa shape index (κ1) is 21.2. The number of aromatic carboxylic acids is 1. The third-order valence-corrected chi connectivity index (χ3v) is 5.63. The lowest BCUT2D eigenvalue weighted by atomic mass is 9.97. The maximum Gasteiger partial charge on any atom is 0.335 e. The second-order valence-corrected chi connectivity index (χ2v) is 8.30. The summed E-state index contributed by atoms with van der Waals surface area (Å²) in [6, 6.07) is 12.1. The van der Waals surface area contributed by atoms with Gasteiger partial charge in [-0.3, -0.25) is 4.79 Å². The van der Waals surface area contributed by atoms with Crippen LogP contribution in [0.25, 0.3) is 0 Å². The summed E-state index contributed by atoms with van der Waals surface area (Å²) < 4.78 is 0. The molecule has 1 amide bonds. The van der Waals surface area contributed by atoms with Crippen molar-refractivity contribution in [1.82, 2.24) is 5.32 Å². The molecule has 1 fully saturated rings. The summed E-state index contributed by atoms with van der Waals surface area (Å²) in [5, 5.41) is 12.7. The standard InChI is InChI=1S/C23H27ClN2O3/c1-15-4-3-11-26(14-15)21-10-9-19(24)13-20(21)16(2)25-22(27)12-17-5-7-18(8-6-17)23(28)29/h5-10,13,15-16H,3-4,11-12,14H2,1-2H3,(H,25,27)(H,28,29). The van der Waals surface area contributed by atoms with Gasteiger partial charge in [0.1, 0.15) is 0 Å².